The maximum atomic E-state index is 13.0. The van der Waals surface area contributed by atoms with Gasteiger partial charge in [0.1, 0.15) is 5.82 Å². The molecular weight excluding hydrogens is 221 g/mol. The predicted octanol–water partition coefficient (Wildman–Crippen LogP) is 2.89. The molecule has 0 aliphatic rings. The summed E-state index contributed by atoms with van der Waals surface area (Å²) in [5.74, 6) is -1.36. The number of rotatable bonds is 2. The number of carbonyl (C=O) groups is 1. The van der Waals surface area contributed by atoms with Gasteiger partial charge in [0.15, 0.2) is 0 Å². The van der Waals surface area contributed by atoms with Crippen LogP contribution in [0.2, 0.25) is 0 Å². The molecule has 0 radical (unpaired) electrons. The van der Waals surface area contributed by atoms with Crippen molar-refractivity contribution in [2.75, 3.05) is 0 Å². The van der Waals surface area contributed by atoms with E-state index < -0.39 is 5.97 Å². The van der Waals surface area contributed by atoms with Gasteiger partial charge < -0.3 is 5.11 Å². The number of aromatic carboxylic acids is 1. The molecule has 0 bridgehead atoms. The first-order chi connectivity index (χ1) is 8.08. The van der Waals surface area contributed by atoms with Crippen molar-refractivity contribution in [3.63, 3.8) is 0 Å². The molecule has 1 aromatic carbocycles. The van der Waals surface area contributed by atoms with Crippen LogP contribution < -0.4 is 0 Å². The number of carboxylic acid groups (broad SMARTS) is 1. The van der Waals surface area contributed by atoms with Crippen LogP contribution in [-0.2, 0) is 0 Å². The van der Waals surface area contributed by atoms with E-state index in [4.69, 9.17) is 5.11 Å². The van der Waals surface area contributed by atoms with Crippen LogP contribution in [-0.4, -0.2) is 16.1 Å². The van der Waals surface area contributed by atoms with E-state index >= 15 is 0 Å². The van der Waals surface area contributed by atoms with Crippen LogP contribution in [0.3, 0.4) is 0 Å². The van der Waals surface area contributed by atoms with Crippen molar-refractivity contribution in [3.8, 4) is 11.3 Å². The summed E-state index contributed by atoms with van der Waals surface area (Å²) < 4.78 is 13.0. The van der Waals surface area contributed by atoms with Crippen LogP contribution in [0.25, 0.3) is 11.3 Å². The normalized spacial score (nSPS) is 10.2. The highest BCUT2D eigenvalue weighted by atomic mass is 19.1. The van der Waals surface area contributed by atoms with Gasteiger partial charge in [-0.1, -0.05) is 12.1 Å². The fraction of sp³-hybridized carbons (Fsp3) is 0.0769. The zero-order chi connectivity index (χ0) is 12.4. The molecular formula is C13H10FNO2. The summed E-state index contributed by atoms with van der Waals surface area (Å²) in [5, 5.41) is 8.87. The Hall–Kier alpha value is -2.23. The summed E-state index contributed by atoms with van der Waals surface area (Å²) in [6.07, 6.45) is 0. The van der Waals surface area contributed by atoms with Gasteiger partial charge in [0.05, 0.1) is 17.0 Å². The number of hydrogen-bond acceptors (Lipinski definition) is 2. The van der Waals surface area contributed by atoms with E-state index in [0.29, 0.717) is 17.0 Å². The number of carboxylic acids is 1. The Morgan fingerprint density at radius 3 is 2.65 bits per heavy atom. The van der Waals surface area contributed by atoms with Gasteiger partial charge >= 0.3 is 5.97 Å². The van der Waals surface area contributed by atoms with Crippen molar-refractivity contribution in [1.29, 1.82) is 0 Å². The standard InChI is InChI=1S/C13H10FNO2/c1-8-11(13(16)17)5-6-12(15-8)9-3-2-4-10(14)7-9/h2-7H,1H3,(H,16,17). The second-order valence-corrected chi connectivity index (χ2v) is 3.64. The Balaban J connectivity index is 2.48. The van der Waals surface area contributed by atoms with Gasteiger partial charge in [-0.15, -0.1) is 0 Å². The van der Waals surface area contributed by atoms with Crippen LogP contribution in [0.15, 0.2) is 36.4 Å². The number of nitrogens with zero attached hydrogens (tertiary/aromatic N) is 1. The third kappa shape index (κ3) is 2.30. The lowest BCUT2D eigenvalue weighted by molar-refractivity contribution is 0.0695. The number of halogens is 1. The summed E-state index contributed by atoms with van der Waals surface area (Å²) in [6, 6.07) is 9.08. The van der Waals surface area contributed by atoms with E-state index in [0.717, 1.165) is 0 Å². The van der Waals surface area contributed by atoms with Gasteiger partial charge in [0, 0.05) is 5.56 Å². The highest BCUT2D eigenvalue weighted by molar-refractivity contribution is 5.89. The Kier molecular flexibility index (Phi) is 2.87. The molecule has 0 amide bonds. The van der Waals surface area contributed by atoms with Crippen molar-refractivity contribution in [3.05, 3.63) is 53.5 Å². The van der Waals surface area contributed by atoms with E-state index in [2.05, 4.69) is 4.98 Å². The Bertz CT molecular complexity index is 581. The van der Waals surface area contributed by atoms with E-state index in [1.165, 1.54) is 18.2 Å². The van der Waals surface area contributed by atoms with Crippen molar-refractivity contribution >= 4 is 5.97 Å². The molecule has 0 atom stereocenters. The fourth-order valence-corrected chi connectivity index (χ4v) is 1.60. The van der Waals surface area contributed by atoms with Gasteiger partial charge in [-0.05, 0) is 31.2 Å². The monoisotopic (exact) mass is 231 g/mol. The van der Waals surface area contributed by atoms with Gasteiger partial charge in [-0.2, -0.15) is 0 Å². The Morgan fingerprint density at radius 1 is 1.29 bits per heavy atom. The number of hydrogen-bond donors (Lipinski definition) is 1. The molecule has 86 valence electrons. The zero-order valence-corrected chi connectivity index (χ0v) is 9.14. The average molecular weight is 231 g/mol. The molecule has 2 rings (SSSR count). The Labute approximate surface area is 97.6 Å². The van der Waals surface area contributed by atoms with E-state index in [1.54, 1.807) is 25.1 Å². The van der Waals surface area contributed by atoms with Crippen LogP contribution in [0.1, 0.15) is 16.1 Å². The first kappa shape index (κ1) is 11.3. The zero-order valence-electron chi connectivity index (χ0n) is 9.14. The minimum Gasteiger partial charge on any atom is -0.478 e. The van der Waals surface area contributed by atoms with E-state index in [9.17, 15) is 9.18 Å². The smallest absolute Gasteiger partial charge is 0.337 e. The molecule has 3 nitrogen and oxygen atoms in total. The number of pyridine rings is 1. The third-order valence-corrected chi connectivity index (χ3v) is 2.44. The first-order valence-corrected chi connectivity index (χ1v) is 5.05. The lowest BCUT2D eigenvalue weighted by atomic mass is 10.1. The maximum absolute atomic E-state index is 13.0. The van der Waals surface area contributed by atoms with Gasteiger partial charge in [0.25, 0.3) is 0 Å². The molecule has 0 fully saturated rings. The number of aromatic nitrogens is 1. The molecule has 2 aromatic rings. The SMILES string of the molecule is Cc1nc(-c2cccc(F)c2)ccc1C(=O)O. The molecule has 17 heavy (non-hydrogen) atoms. The quantitative estimate of drug-likeness (QED) is 0.864. The summed E-state index contributed by atoms with van der Waals surface area (Å²) in [6.45, 7) is 1.62. The van der Waals surface area contributed by atoms with Crippen LogP contribution in [0.4, 0.5) is 4.39 Å². The van der Waals surface area contributed by atoms with E-state index in [1.807, 2.05) is 0 Å². The molecule has 1 heterocycles. The van der Waals surface area contributed by atoms with Crippen LogP contribution >= 0.6 is 0 Å². The van der Waals surface area contributed by atoms with Crippen LogP contribution in [0.5, 0.6) is 0 Å². The van der Waals surface area contributed by atoms with Gasteiger partial charge in [0.2, 0.25) is 0 Å². The summed E-state index contributed by atoms with van der Waals surface area (Å²) in [5.41, 5.74) is 1.77. The summed E-state index contributed by atoms with van der Waals surface area (Å²) >= 11 is 0. The van der Waals surface area contributed by atoms with Crippen molar-refractivity contribution in [1.82, 2.24) is 4.98 Å². The lowest BCUT2D eigenvalue weighted by Crippen LogP contribution is -2.02. The molecule has 0 unspecified atom stereocenters. The molecule has 1 N–H and O–H groups in total. The predicted molar refractivity (Wildman–Crippen MR) is 61.3 cm³/mol. The third-order valence-electron chi connectivity index (χ3n) is 2.44. The fourth-order valence-electron chi connectivity index (χ4n) is 1.60. The molecule has 1 aromatic heterocycles. The average Bonchev–Trinajstić information content (AvgIpc) is 2.28. The minimum atomic E-state index is -1.01. The molecule has 0 aliphatic heterocycles. The largest absolute Gasteiger partial charge is 0.478 e. The first-order valence-electron chi connectivity index (χ1n) is 5.05. The molecule has 0 saturated carbocycles. The van der Waals surface area contributed by atoms with Gasteiger partial charge in [-0.3, -0.25) is 4.98 Å². The maximum Gasteiger partial charge on any atom is 0.337 e. The second-order valence-electron chi connectivity index (χ2n) is 3.64. The number of benzene rings is 1. The second kappa shape index (κ2) is 4.33. The molecule has 0 spiro atoms. The summed E-state index contributed by atoms with van der Waals surface area (Å²) in [4.78, 5) is 15.0. The molecule has 0 saturated heterocycles. The van der Waals surface area contributed by atoms with Crippen LogP contribution in [0, 0.1) is 12.7 Å². The van der Waals surface area contributed by atoms with Crippen molar-refractivity contribution < 1.29 is 14.3 Å². The molecule has 4 heteroatoms. The highest BCUT2D eigenvalue weighted by Gasteiger charge is 2.09. The highest BCUT2D eigenvalue weighted by Crippen LogP contribution is 2.19. The topological polar surface area (TPSA) is 50.2 Å². The van der Waals surface area contributed by atoms with Crippen molar-refractivity contribution in [2.45, 2.75) is 6.92 Å². The van der Waals surface area contributed by atoms with Crippen molar-refractivity contribution in [2.24, 2.45) is 0 Å². The van der Waals surface area contributed by atoms with Gasteiger partial charge in [-0.25, -0.2) is 9.18 Å². The lowest BCUT2D eigenvalue weighted by Gasteiger charge is -2.04. The Morgan fingerprint density at radius 2 is 2.06 bits per heavy atom. The molecule has 0 aliphatic carbocycles. The minimum absolute atomic E-state index is 0.158. The van der Waals surface area contributed by atoms with E-state index in [-0.39, 0.29) is 11.4 Å². The summed E-state index contributed by atoms with van der Waals surface area (Å²) in [7, 11) is 0. The number of aryl methyl sites for hydroxylation is 1.